The molecule has 1 saturated carbocycles. The summed E-state index contributed by atoms with van der Waals surface area (Å²) >= 11 is 0. The number of primary amides is 1. The highest BCUT2D eigenvalue weighted by Crippen LogP contribution is 2.25. The summed E-state index contributed by atoms with van der Waals surface area (Å²) in [4.78, 5) is 26.0. The second-order valence-corrected chi connectivity index (χ2v) is 6.47. The number of hydrogen-bond donors (Lipinski definition) is 2. The smallest absolute Gasteiger partial charge is 0.237 e. The van der Waals surface area contributed by atoms with E-state index in [1.807, 2.05) is 0 Å². The Morgan fingerprint density at radius 2 is 1.67 bits per heavy atom. The van der Waals surface area contributed by atoms with Gasteiger partial charge in [0.05, 0.1) is 6.54 Å². The summed E-state index contributed by atoms with van der Waals surface area (Å²) in [7, 11) is 0. The summed E-state index contributed by atoms with van der Waals surface area (Å²) in [5, 5.41) is 3.32. The maximum atomic E-state index is 12.9. The van der Waals surface area contributed by atoms with Crippen molar-refractivity contribution >= 4 is 11.8 Å². The number of nitrogens with one attached hydrogen (secondary N) is 1. The van der Waals surface area contributed by atoms with Crippen molar-refractivity contribution in [3.8, 4) is 0 Å². The Morgan fingerprint density at radius 3 is 2.24 bits per heavy atom. The average Bonchev–Trinajstić information content (AvgIpc) is 2.44. The van der Waals surface area contributed by atoms with Gasteiger partial charge in [-0.1, -0.05) is 32.1 Å². The van der Waals surface area contributed by atoms with Gasteiger partial charge in [0.15, 0.2) is 0 Å². The van der Waals surface area contributed by atoms with E-state index in [4.69, 9.17) is 5.73 Å². The Hall–Kier alpha value is -1.10. The summed E-state index contributed by atoms with van der Waals surface area (Å²) in [5.41, 5.74) is 5.37. The van der Waals surface area contributed by atoms with Crippen molar-refractivity contribution in [2.45, 2.75) is 63.8 Å². The third kappa shape index (κ3) is 4.99. The van der Waals surface area contributed by atoms with Crippen LogP contribution in [-0.2, 0) is 9.59 Å². The zero-order valence-corrected chi connectivity index (χ0v) is 13.0. The van der Waals surface area contributed by atoms with Gasteiger partial charge in [0.2, 0.25) is 11.8 Å². The summed E-state index contributed by atoms with van der Waals surface area (Å²) in [6, 6.07) is 0.129. The maximum absolute atomic E-state index is 12.9. The van der Waals surface area contributed by atoms with E-state index in [1.54, 1.807) is 4.90 Å². The van der Waals surface area contributed by atoms with E-state index in [1.165, 1.54) is 19.3 Å². The van der Waals surface area contributed by atoms with E-state index in [0.29, 0.717) is 0 Å². The third-order valence-corrected chi connectivity index (χ3v) is 4.78. The first-order valence-corrected chi connectivity index (χ1v) is 8.48. The van der Waals surface area contributed by atoms with E-state index < -0.39 is 5.91 Å². The highest BCUT2D eigenvalue weighted by molar-refractivity contribution is 5.85. The third-order valence-electron chi connectivity index (χ3n) is 4.78. The molecule has 2 aliphatic rings. The molecule has 2 fully saturated rings. The molecule has 2 rings (SSSR count). The van der Waals surface area contributed by atoms with Crippen LogP contribution in [0.4, 0.5) is 0 Å². The second kappa shape index (κ2) is 8.37. The molecule has 5 heteroatoms. The van der Waals surface area contributed by atoms with Gasteiger partial charge in [0, 0.05) is 18.5 Å². The molecule has 1 aliphatic carbocycles. The average molecular weight is 295 g/mol. The summed E-state index contributed by atoms with van der Waals surface area (Å²) in [6.45, 7) is 1.85. The number of amides is 2. The standard InChI is InChI=1S/C16H29N3O2/c17-15(20)12-19(14-9-6-10-18-11-14)16(21)13-7-4-2-1-3-5-8-13/h13-14,18H,1-12H2,(H2,17,20). The van der Waals surface area contributed by atoms with E-state index in [0.717, 1.165) is 51.6 Å². The SMILES string of the molecule is NC(=O)CN(C(=O)C1CCCCCCC1)C1CCCNC1. The number of nitrogens with zero attached hydrogens (tertiary/aromatic N) is 1. The van der Waals surface area contributed by atoms with Gasteiger partial charge in [0.1, 0.15) is 0 Å². The van der Waals surface area contributed by atoms with Crippen LogP contribution in [0, 0.1) is 5.92 Å². The van der Waals surface area contributed by atoms with Crippen molar-refractivity contribution in [2.24, 2.45) is 11.7 Å². The number of carbonyl (C=O) groups excluding carboxylic acids is 2. The summed E-state index contributed by atoms with van der Waals surface area (Å²) < 4.78 is 0. The highest BCUT2D eigenvalue weighted by atomic mass is 16.2. The molecular weight excluding hydrogens is 266 g/mol. The second-order valence-electron chi connectivity index (χ2n) is 6.47. The number of nitrogens with two attached hydrogens (primary N) is 1. The van der Waals surface area contributed by atoms with Crippen LogP contribution >= 0.6 is 0 Å². The number of hydrogen-bond acceptors (Lipinski definition) is 3. The van der Waals surface area contributed by atoms with Crippen molar-refractivity contribution in [1.29, 1.82) is 0 Å². The first kappa shape index (κ1) is 16.3. The Bertz CT molecular complexity index is 345. The molecule has 5 nitrogen and oxygen atoms in total. The van der Waals surface area contributed by atoms with Crippen molar-refractivity contribution in [2.75, 3.05) is 19.6 Å². The summed E-state index contributed by atoms with van der Waals surface area (Å²) in [5.74, 6) is -0.157. The molecule has 0 radical (unpaired) electrons. The van der Waals surface area contributed by atoms with Gasteiger partial charge in [-0.3, -0.25) is 9.59 Å². The van der Waals surface area contributed by atoms with Gasteiger partial charge in [-0.05, 0) is 32.2 Å². The van der Waals surface area contributed by atoms with Crippen LogP contribution in [0.2, 0.25) is 0 Å². The van der Waals surface area contributed by atoms with E-state index >= 15 is 0 Å². The molecule has 0 aromatic rings. The van der Waals surface area contributed by atoms with Crippen LogP contribution in [0.25, 0.3) is 0 Å². The Labute approximate surface area is 127 Å². The Morgan fingerprint density at radius 1 is 1.00 bits per heavy atom. The quantitative estimate of drug-likeness (QED) is 0.823. The monoisotopic (exact) mass is 295 g/mol. The maximum Gasteiger partial charge on any atom is 0.237 e. The largest absolute Gasteiger partial charge is 0.368 e. The molecule has 0 aromatic carbocycles. The van der Waals surface area contributed by atoms with Crippen molar-refractivity contribution < 1.29 is 9.59 Å². The normalized spacial score (nSPS) is 24.9. The summed E-state index contributed by atoms with van der Waals surface area (Å²) in [6.07, 6.45) is 9.96. The van der Waals surface area contributed by atoms with Gasteiger partial charge in [-0.2, -0.15) is 0 Å². The lowest BCUT2D eigenvalue weighted by Gasteiger charge is -2.36. The molecule has 1 unspecified atom stereocenters. The molecule has 1 atom stereocenters. The molecule has 3 N–H and O–H groups in total. The minimum absolute atomic E-state index is 0.0711. The van der Waals surface area contributed by atoms with Crippen LogP contribution in [0.15, 0.2) is 0 Å². The van der Waals surface area contributed by atoms with Gasteiger partial charge in [-0.15, -0.1) is 0 Å². The predicted octanol–water partition coefficient (Wildman–Crippen LogP) is 1.41. The molecular formula is C16H29N3O2. The van der Waals surface area contributed by atoms with E-state index in [9.17, 15) is 9.59 Å². The lowest BCUT2D eigenvalue weighted by atomic mass is 9.89. The number of piperidine rings is 1. The fraction of sp³-hybridized carbons (Fsp3) is 0.875. The lowest BCUT2D eigenvalue weighted by molar-refractivity contribution is -0.142. The first-order valence-electron chi connectivity index (χ1n) is 8.48. The zero-order valence-electron chi connectivity index (χ0n) is 13.0. The molecule has 21 heavy (non-hydrogen) atoms. The van der Waals surface area contributed by atoms with Crippen LogP contribution in [0.3, 0.4) is 0 Å². The zero-order chi connectivity index (χ0) is 15.1. The minimum Gasteiger partial charge on any atom is -0.368 e. The van der Waals surface area contributed by atoms with Gasteiger partial charge in [0.25, 0.3) is 0 Å². The topological polar surface area (TPSA) is 75.4 Å². The van der Waals surface area contributed by atoms with Crippen LogP contribution in [0.5, 0.6) is 0 Å². The van der Waals surface area contributed by atoms with Gasteiger partial charge < -0.3 is 16.0 Å². The first-order chi connectivity index (χ1) is 10.2. The molecule has 1 saturated heterocycles. The van der Waals surface area contributed by atoms with Crippen LogP contribution in [-0.4, -0.2) is 42.4 Å². The Kier molecular flexibility index (Phi) is 6.49. The highest BCUT2D eigenvalue weighted by Gasteiger charge is 2.31. The fourth-order valence-corrected chi connectivity index (χ4v) is 3.59. The number of rotatable bonds is 4. The molecule has 0 aromatic heterocycles. The van der Waals surface area contributed by atoms with Crippen molar-refractivity contribution in [3.05, 3.63) is 0 Å². The lowest BCUT2D eigenvalue weighted by Crippen LogP contribution is -2.53. The van der Waals surface area contributed by atoms with Crippen LogP contribution in [0.1, 0.15) is 57.8 Å². The van der Waals surface area contributed by atoms with Gasteiger partial charge >= 0.3 is 0 Å². The molecule has 1 heterocycles. The number of carbonyl (C=O) groups is 2. The van der Waals surface area contributed by atoms with Gasteiger partial charge in [-0.25, -0.2) is 0 Å². The molecule has 0 bridgehead atoms. The molecule has 1 aliphatic heterocycles. The van der Waals surface area contributed by atoms with Crippen molar-refractivity contribution in [3.63, 3.8) is 0 Å². The minimum atomic E-state index is -0.403. The predicted molar refractivity (Wildman–Crippen MR) is 82.6 cm³/mol. The molecule has 2 amide bonds. The fourth-order valence-electron chi connectivity index (χ4n) is 3.59. The van der Waals surface area contributed by atoms with Crippen LogP contribution < -0.4 is 11.1 Å². The molecule has 0 spiro atoms. The molecule has 120 valence electrons. The van der Waals surface area contributed by atoms with E-state index in [2.05, 4.69) is 5.32 Å². The van der Waals surface area contributed by atoms with E-state index in [-0.39, 0.29) is 24.4 Å². The van der Waals surface area contributed by atoms with Crippen molar-refractivity contribution in [1.82, 2.24) is 10.2 Å². The Balaban J connectivity index is 2.02.